The van der Waals surface area contributed by atoms with Crippen molar-refractivity contribution < 1.29 is 14.3 Å². The summed E-state index contributed by atoms with van der Waals surface area (Å²) in [6, 6.07) is 22.7. The van der Waals surface area contributed by atoms with Gasteiger partial charge < -0.3 is 9.47 Å². The molecule has 148 valence electrons. The third-order valence-corrected chi connectivity index (χ3v) is 4.21. The van der Waals surface area contributed by atoms with E-state index in [0.29, 0.717) is 24.5 Å². The molecule has 0 atom stereocenters. The van der Waals surface area contributed by atoms with Gasteiger partial charge in [-0.2, -0.15) is 5.10 Å². The molecule has 0 spiro atoms. The highest BCUT2D eigenvalue weighted by atomic mass is 16.5. The number of carbonyl (C=O) groups excluding carboxylic acids is 1. The van der Waals surface area contributed by atoms with Crippen molar-refractivity contribution in [3.63, 3.8) is 0 Å². The summed E-state index contributed by atoms with van der Waals surface area (Å²) in [6.07, 6.45) is 1.59. The third kappa shape index (κ3) is 6.21. The van der Waals surface area contributed by atoms with Gasteiger partial charge in [0.15, 0.2) is 0 Å². The Bertz CT molecular complexity index is 947. The van der Waals surface area contributed by atoms with Crippen molar-refractivity contribution in [3.8, 4) is 11.5 Å². The number of carbonyl (C=O) groups is 1. The number of hydrazone groups is 1. The van der Waals surface area contributed by atoms with E-state index in [1.807, 2.05) is 43.3 Å². The summed E-state index contributed by atoms with van der Waals surface area (Å²) in [4.78, 5) is 12.2. The molecule has 5 heteroatoms. The maximum atomic E-state index is 12.2. The molecule has 1 amide bonds. The number of nitrogens with zero attached hydrogens (tertiary/aromatic N) is 1. The fraction of sp³-hybridized carbons (Fsp3) is 0.167. The van der Waals surface area contributed by atoms with E-state index in [-0.39, 0.29) is 5.91 Å². The quantitative estimate of drug-likeness (QED) is 0.448. The van der Waals surface area contributed by atoms with Crippen molar-refractivity contribution in [1.29, 1.82) is 0 Å². The summed E-state index contributed by atoms with van der Waals surface area (Å²) in [7, 11) is 0. The molecular formula is C24H24N2O3. The Morgan fingerprint density at radius 3 is 2.17 bits per heavy atom. The molecule has 0 saturated heterocycles. The lowest BCUT2D eigenvalue weighted by atomic mass is 10.2. The summed E-state index contributed by atoms with van der Waals surface area (Å²) in [5.41, 5.74) is 6.22. The number of amides is 1. The van der Waals surface area contributed by atoms with Crippen molar-refractivity contribution in [2.24, 2.45) is 5.10 Å². The van der Waals surface area contributed by atoms with Crippen molar-refractivity contribution in [1.82, 2.24) is 5.43 Å². The minimum Gasteiger partial charge on any atom is -0.494 e. The molecule has 29 heavy (non-hydrogen) atoms. The average Bonchev–Trinajstić information content (AvgIpc) is 2.75. The molecule has 0 radical (unpaired) electrons. The second-order valence-electron chi connectivity index (χ2n) is 6.50. The van der Waals surface area contributed by atoms with Gasteiger partial charge in [0, 0.05) is 5.56 Å². The molecule has 0 aliphatic rings. The van der Waals surface area contributed by atoms with Gasteiger partial charge in [-0.05, 0) is 73.5 Å². The van der Waals surface area contributed by atoms with E-state index in [4.69, 9.17) is 9.47 Å². The van der Waals surface area contributed by atoms with E-state index >= 15 is 0 Å². The van der Waals surface area contributed by atoms with Crippen LogP contribution in [0.1, 0.15) is 34.0 Å². The van der Waals surface area contributed by atoms with Gasteiger partial charge >= 0.3 is 0 Å². The monoisotopic (exact) mass is 388 g/mol. The van der Waals surface area contributed by atoms with Gasteiger partial charge in [-0.25, -0.2) is 5.43 Å². The molecular weight excluding hydrogens is 364 g/mol. The predicted molar refractivity (Wildman–Crippen MR) is 115 cm³/mol. The predicted octanol–water partition coefficient (Wildman–Crippen LogP) is 4.74. The van der Waals surface area contributed by atoms with Crippen molar-refractivity contribution in [2.75, 3.05) is 6.61 Å². The Hall–Kier alpha value is -3.60. The Labute approximate surface area is 171 Å². The minimum atomic E-state index is -0.280. The third-order valence-electron chi connectivity index (χ3n) is 4.21. The molecule has 1 N–H and O–H groups in total. The molecule has 0 heterocycles. The second kappa shape index (κ2) is 10.1. The number of benzene rings is 3. The van der Waals surface area contributed by atoms with Crippen molar-refractivity contribution >= 4 is 12.1 Å². The van der Waals surface area contributed by atoms with Crippen LogP contribution in [0.3, 0.4) is 0 Å². The largest absolute Gasteiger partial charge is 0.494 e. The second-order valence-corrected chi connectivity index (χ2v) is 6.50. The van der Waals surface area contributed by atoms with Gasteiger partial charge in [-0.15, -0.1) is 0 Å². The lowest BCUT2D eigenvalue weighted by Gasteiger charge is -2.07. The van der Waals surface area contributed by atoms with E-state index < -0.39 is 0 Å². The first-order chi connectivity index (χ1) is 14.1. The maximum Gasteiger partial charge on any atom is 0.271 e. The molecule has 5 nitrogen and oxygen atoms in total. The van der Waals surface area contributed by atoms with Crippen LogP contribution in [-0.4, -0.2) is 18.7 Å². The zero-order valence-electron chi connectivity index (χ0n) is 16.6. The van der Waals surface area contributed by atoms with E-state index in [2.05, 4.69) is 29.6 Å². The Balaban J connectivity index is 1.49. The van der Waals surface area contributed by atoms with E-state index in [1.165, 1.54) is 5.56 Å². The van der Waals surface area contributed by atoms with Crippen LogP contribution < -0.4 is 14.9 Å². The molecule has 0 aliphatic heterocycles. The first-order valence-corrected chi connectivity index (χ1v) is 9.48. The SMILES string of the molecule is CCOc1ccc(C=NNC(=O)c2ccc(OCc3ccc(C)cc3)cc2)cc1. The average molecular weight is 388 g/mol. The summed E-state index contributed by atoms with van der Waals surface area (Å²) >= 11 is 0. The van der Waals surface area contributed by atoms with Gasteiger partial charge in [0.05, 0.1) is 12.8 Å². The minimum absolute atomic E-state index is 0.280. The number of hydrogen-bond acceptors (Lipinski definition) is 4. The van der Waals surface area contributed by atoms with Crippen molar-refractivity contribution in [2.45, 2.75) is 20.5 Å². The van der Waals surface area contributed by atoms with E-state index in [0.717, 1.165) is 16.9 Å². The first-order valence-electron chi connectivity index (χ1n) is 9.48. The van der Waals surface area contributed by atoms with Crippen LogP contribution in [0, 0.1) is 6.92 Å². The summed E-state index contributed by atoms with van der Waals surface area (Å²) in [5.74, 6) is 1.23. The number of nitrogens with one attached hydrogen (secondary N) is 1. The Morgan fingerprint density at radius 2 is 1.52 bits per heavy atom. The summed E-state index contributed by atoms with van der Waals surface area (Å²) in [5, 5.41) is 4.00. The molecule has 0 fully saturated rings. The van der Waals surface area contributed by atoms with Crippen LogP contribution in [0.15, 0.2) is 77.9 Å². The van der Waals surface area contributed by atoms with Crippen LogP contribution in [0.4, 0.5) is 0 Å². The first kappa shape index (κ1) is 20.1. The zero-order valence-corrected chi connectivity index (χ0v) is 16.6. The number of aryl methyl sites for hydroxylation is 1. The number of rotatable bonds is 8. The number of hydrogen-bond donors (Lipinski definition) is 1. The van der Waals surface area contributed by atoms with Gasteiger partial charge in [0.25, 0.3) is 5.91 Å². The van der Waals surface area contributed by atoms with Crippen molar-refractivity contribution in [3.05, 3.63) is 95.1 Å². The van der Waals surface area contributed by atoms with Crippen LogP contribution in [-0.2, 0) is 6.61 Å². The standard InChI is InChI=1S/C24H24N2O3/c1-3-28-22-12-8-19(9-13-22)16-25-26-24(27)21-10-14-23(15-11-21)29-17-20-6-4-18(2)5-7-20/h4-16H,3,17H2,1-2H3,(H,26,27). The Kier molecular flexibility index (Phi) is 7.00. The zero-order chi connectivity index (χ0) is 20.5. The van der Waals surface area contributed by atoms with Gasteiger partial charge in [-0.1, -0.05) is 29.8 Å². The molecule has 3 rings (SSSR count). The maximum absolute atomic E-state index is 12.2. The normalized spacial score (nSPS) is 10.7. The highest BCUT2D eigenvalue weighted by molar-refractivity contribution is 5.95. The van der Waals surface area contributed by atoms with Gasteiger partial charge in [0.2, 0.25) is 0 Å². The molecule has 0 saturated carbocycles. The van der Waals surface area contributed by atoms with Crippen LogP contribution in [0.25, 0.3) is 0 Å². The summed E-state index contributed by atoms with van der Waals surface area (Å²) < 4.78 is 11.2. The fourth-order valence-electron chi connectivity index (χ4n) is 2.60. The van der Waals surface area contributed by atoms with E-state index in [9.17, 15) is 4.79 Å². The molecule has 0 aromatic heterocycles. The lowest BCUT2D eigenvalue weighted by molar-refractivity contribution is 0.0955. The Morgan fingerprint density at radius 1 is 0.897 bits per heavy atom. The molecule has 0 unspecified atom stereocenters. The molecule has 0 bridgehead atoms. The fourth-order valence-corrected chi connectivity index (χ4v) is 2.60. The highest BCUT2D eigenvalue weighted by Gasteiger charge is 2.04. The number of ether oxygens (including phenoxy) is 2. The van der Waals surface area contributed by atoms with Crippen LogP contribution in [0.5, 0.6) is 11.5 Å². The van der Waals surface area contributed by atoms with Gasteiger partial charge in [-0.3, -0.25) is 4.79 Å². The van der Waals surface area contributed by atoms with Crippen LogP contribution >= 0.6 is 0 Å². The topological polar surface area (TPSA) is 59.9 Å². The molecule has 3 aromatic carbocycles. The summed E-state index contributed by atoms with van der Waals surface area (Å²) in [6.45, 7) is 5.10. The lowest BCUT2D eigenvalue weighted by Crippen LogP contribution is -2.17. The molecule has 0 aliphatic carbocycles. The van der Waals surface area contributed by atoms with E-state index in [1.54, 1.807) is 30.5 Å². The molecule has 3 aromatic rings. The van der Waals surface area contributed by atoms with Gasteiger partial charge in [0.1, 0.15) is 18.1 Å². The van der Waals surface area contributed by atoms with Crippen LogP contribution in [0.2, 0.25) is 0 Å². The smallest absolute Gasteiger partial charge is 0.271 e. The highest BCUT2D eigenvalue weighted by Crippen LogP contribution is 2.15.